The Morgan fingerprint density at radius 1 is 0.900 bits per heavy atom. The van der Waals surface area contributed by atoms with Gasteiger partial charge in [0.1, 0.15) is 12.4 Å². The number of fused-ring (bicyclic) bond motifs is 1. The number of hydrogen-bond donors (Lipinski definition) is 2. The first-order chi connectivity index (χ1) is 14.6. The van der Waals surface area contributed by atoms with Crippen molar-refractivity contribution < 1.29 is 9.59 Å². The summed E-state index contributed by atoms with van der Waals surface area (Å²) < 4.78 is 1.81. The van der Waals surface area contributed by atoms with Crippen LogP contribution in [0.4, 0.5) is 5.69 Å². The van der Waals surface area contributed by atoms with Gasteiger partial charge in [-0.2, -0.15) is 0 Å². The lowest BCUT2D eigenvalue weighted by Crippen LogP contribution is -2.26. The zero-order chi connectivity index (χ0) is 20.9. The van der Waals surface area contributed by atoms with Crippen molar-refractivity contribution in [1.82, 2.24) is 14.9 Å². The molecule has 4 rings (SSSR count). The Labute approximate surface area is 178 Å². The summed E-state index contributed by atoms with van der Waals surface area (Å²) in [5, 5.41) is 6.34. The molecule has 6 nitrogen and oxygen atoms in total. The number of rotatable bonds is 6. The van der Waals surface area contributed by atoms with Crippen molar-refractivity contribution in [2.24, 2.45) is 0 Å². The van der Waals surface area contributed by atoms with Gasteiger partial charge in [-0.3, -0.25) is 9.59 Å². The number of amides is 2. The van der Waals surface area contributed by atoms with Gasteiger partial charge in [0.2, 0.25) is 5.91 Å². The molecule has 2 N–H and O–H groups in total. The molecule has 0 saturated heterocycles. The third-order valence-electron chi connectivity index (χ3n) is 4.61. The summed E-state index contributed by atoms with van der Waals surface area (Å²) in [7, 11) is 0. The van der Waals surface area contributed by atoms with Crippen LogP contribution in [0, 0.1) is 0 Å². The second-order valence-corrected chi connectivity index (χ2v) is 7.14. The van der Waals surface area contributed by atoms with Crippen molar-refractivity contribution in [2.45, 2.75) is 13.1 Å². The van der Waals surface area contributed by atoms with Crippen molar-refractivity contribution in [3.05, 3.63) is 95.3 Å². The summed E-state index contributed by atoms with van der Waals surface area (Å²) in [4.78, 5) is 29.6. The predicted molar refractivity (Wildman–Crippen MR) is 117 cm³/mol. The van der Waals surface area contributed by atoms with Gasteiger partial charge in [-0.1, -0.05) is 41.9 Å². The lowest BCUT2D eigenvalue weighted by molar-refractivity contribution is -0.116. The van der Waals surface area contributed by atoms with Crippen LogP contribution in [0.2, 0.25) is 5.02 Å². The number of anilines is 1. The number of nitrogens with one attached hydrogen (secondary N) is 2. The predicted octanol–water partition coefficient (Wildman–Crippen LogP) is 4.26. The fourth-order valence-corrected chi connectivity index (χ4v) is 3.29. The summed E-state index contributed by atoms with van der Waals surface area (Å²) in [6.45, 7) is 0.274. The first kappa shape index (κ1) is 19.7. The lowest BCUT2D eigenvalue weighted by atomic mass is 10.2. The maximum absolute atomic E-state index is 12.6. The van der Waals surface area contributed by atoms with Crippen molar-refractivity contribution in [3.63, 3.8) is 0 Å². The van der Waals surface area contributed by atoms with Crippen LogP contribution in [0.3, 0.4) is 0 Å². The summed E-state index contributed by atoms with van der Waals surface area (Å²) in [6.07, 6.45) is 0. The van der Waals surface area contributed by atoms with Gasteiger partial charge in [0.05, 0.1) is 17.6 Å². The topological polar surface area (TPSA) is 76.0 Å². The Kier molecular flexibility index (Phi) is 5.77. The third-order valence-corrected chi connectivity index (χ3v) is 4.86. The van der Waals surface area contributed by atoms with E-state index in [1.54, 1.807) is 36.4 Å². The third kappa shape index (κ3) is 4.50. The van der Waals surface area contributed by atoms with Crippen LogP contribution in [0.25, 0.3) is 11.0 Å². The number of imidazole rings is 1. The van der Waals surface area contributed by atoms with E-state index in [2.05, 4.69) is 15.6 Å². The number of benzene rings is 3. The number of para-hydroxylation sites is 2. The van der Waals surface area contributed by atoms with E-state index in [1.807, 2.05) is 47.0 Å². The summed E-state index contributed by atoms with van der Waals surface area (Å²) in [5.41, 5.74) is 2.82. The summed E-state index contributed by atoms with van der Waals surface area (Å²) >= 11 is 5.89. The van der Waals surface area contributed by atoms with Gasteiger partial charge in [-0.25, -0.2) is 4.98 Å². The average Bonchev–Trinajstić information content (AvgIpc) is 3.11. The van der Waals surface area contributed by atoms with E-state index in [1.165, 1.54) is 0 Å². The van der Waals surface area contributed by atoms with Crippen LogP contribution in [0.1, 0.15) is 16.2 Å². The van der Waals surface area contributed by atoms with E-state index in [9.17, 15) is 9.59 Å². The average molecular weight is 419 g/mol. The van der Waals surface area contributed by atoms with E-state index in [-0.39, 0.29) is 24.9 Å². The Balaban J connectivity index is 1.53. The summed E-state index contributed by atoms with van der Waals surface area (Å²) in [6, 6.07) is 23.5. The van der Waals surface area contributed by atoms with Gasteiger partial charge in [0.25, 0.3) is 5.91 Å². The first-order valence-corrected chi connectivity index (χ1v) is 9.81. The van der Waals surface area contributed by atoms with Crippen LogP contribution in [-0.4, -0.2) is 21.4 Å². The molecule has 150 valence electrons. The van der Waals surface area contributed by atoms with Gasteiger partial charge in [-0.05, 0) is 48.5 Å². The molecular weight excluding hydrogens is 400 g/mol. The van der Waals surface area contributed by atoms with Crippen LogP contribution in [-0.2, 0) is 17.9 Å². The number of aromatic nitrogens is 2. The smallest absolute Gasteiger partial charge is 0.251 e. The molecule has 30 heavy (non-hydrogen) atoms. The van der Waals surface area contributed by atoms with Crippen molar-refractivity contribution >= 4 is 40.1 Å². The molecule has 7 heteroatoms. The molecule has 0 atom stereocenters. The first-order valence-electron chi connectivity index (χ1n) is 9.43. The quantitative estimate of drug-likeness (QED) is 0.491. The van der Waals surface area contributed by atoms with Gasteiger partial charge in [0, 0.05) is 16.3 Å². The molecule has 1 aromatic heterocycles. The molecule has 4 aromatic rings. The molecular formula is C23H19ClN4O2. The van der Waals surface area contributed by atoms with E-state index in [0.29, 0.717) is 22.1 Å². The second kappa shape index (κ2) is 8.80. The minimum Gasteiger partial charge on any atom is -0.345 e. The number of hydrogen-bond acceptors (Lipinski definition) is 3. The highest BCUT2D eigenvalue weighted by atomic mass is 35.5. The second-order valence-electron chi connectivity index (χ2n) is 6.71. The van der Waals surface area contributed by atoms with Crippen LogP contribution in [0.5, 0.6) is 0 Å². The fraction of sp³-hybridized carbons (Fsp3) is 0.0870. The van der Waals surface area contributed by atoms with Crippen LogP contribution in [0.15, 0.2) is 78.9 Å². The van der Waals surface area contributed by atoms with Crippen LogP contribution < -0.4 is 10.6 Å². The van der Waals surface area contributed by atoms with E-state index in [0.717, 1.165) is 11.0 Å². The maximum Gasteiger partial charge on any atom is 0.251 e. The zero-order valence-electron chi connectivity index (χ0n) is 16.0. The molecule has 2 amide bonds. The molecule has 1 heterocycles. The van der Waals surface area contributed by atoms with Gasteiger partial charge in [-0.15, -0.1) is 0 Å². The molecule has 0 fully saturated rings. The molecule has 0 radical (unpaired) electrons. The molecule has 0 spiro atoms. The van der Waals surface area contributed by atoms with Crippen molar-refractivity contribution in [1.29, 1.82) is 0 Å². The van der Waals surface area contributed by atoms with E-state index in [4.69, 9.17) is 11.6 Å². The zero-order valence-corrected chi connectivity index (χ0v) is 16.8. The standard InChI is InChI=1S/C23H19ClN4O2/c24-17-10-12-18(13-11-17)26-22(29)15-28-20-9-5-4-8-19(20)27-21(28)14-25-23(30)16-6-2-1-3-7-16/h1-13H,14-15H2,(H,25,30)(H,26,29). The molecule has 0 saturated carbocycles. The summed E-state index contributed by atoms with van der Waals surface area (Å²) in [5.74, 6) is 0.211. The number of halogens is 1. The Hall–Kier alpha value is -3.64. The van der Waals surface area contributed by atoms with Crippen molar-refractivity contribution in [3.8, 4) is 0 Å². The fourth-order valence-electron chi connectivity index (χ4n) is 3.17. The molecule has 0 bridgehead atoms. The molecule has 3 aromatic carbocycles. The van der Waals surface area contributed by atoms with E-state index < -0.39 is 0 Å². The molecule has 0 unspecified atom stereocenters. The minimum atomic E-state index is -0.198. The molecule has 0 aliphatic heterocycles. The van der Waals surface area contributed by atoms with Crippen molar-refractivity contribution in [2.75, 3.05) is 5.32 Å². The monoisotopic (exact) mass is 418 g/mol. The van der Waals surface area contributed by atoms with Crippen LogP contribution >= 0.6 is 11.6 Å². The van der Waals surface area contributed by atoms with Gasteiger partial charge in [0.15, 0.2) is 0 Å². The Bertz CT molecular complexity index is 1190. The molecule has 0 aliphatic rings. The number of carbonyl (C=O) groups excluding carboxylic acids is 2. The highest BCUT2D eigenvalue weighted by molar-refractivity contribution is 6.30. The number of nitrogens with zero attached hydrogens (tertiary/aromatic N) is 2. The van der Waals surface area contributed by atoms with E-state index >= 15 is 0 Å². The maximum atomic E-state index is 12.6. The SMILES string of the molecule is O=C(Cn1c(CNC(=O)c2ccccc2)nc2ccccc21)Nc1ccc(Cl)cc1. The largest absolute Gasteiger partial charge is 0.345 e. The Morgan fingerprint density at radius 2 is 1.60 bits per heavy atom. The highest BCUT2D eigenvalue weighted by Gasteiger charge is 2.15. The highest BCUT2D eigenvalue weighted by Crippen LogP contribution is 2.17. The normalized spacial score (nSPS) is 10.7. The number of carbonyl (C=O) groups is 2. The van der Waals surface area contributed by atoms with Gasteiger partial charge < -0.3 is 15.2 Å². The lowest BCUT2D eigenvalue weighted by Gasteiger charge is -2.11. The minimum absolute atomic E-state index is 0.0691. The Morgan fingerprint density at radius 3 is 2.37 bits per heavy atom. The molecule has 0 aliphatic carbocycles. The van der Waals surface area contributed by atoms with Gasteiger partial charge >= 0.3 is 0 Å².